The average Bonchev–Trinajstić information content (AvgIpc) is 2.50. The number of anilines is 1. The van der Waals surface area contributed by atoms with Gasteiger partial charge in [0.1, 0.15) is 5.75 Å². The highest BCUT2D eigenvalue weighted by atomic mass is 16.5. The summed E-state index contributed by atoms with van der Waals surface area (Å²) in [6.07, 6.45) is -0.659. The molecule has 0 saturated carbocycles. The quantitative estimate of drug-likeness (QED) is 0.918. The van der Waals surface area contributed by atoms with Crippen molar-refractivity contribution < 1.29 is 14.6 Å². The molecule has 0 aromatic heterocycles. The van der Waals surface area contributed by atoms with Crippen molar-refractivity contribution in [1.82, 2.24) is 0 Å². The Morgan fingerprint density at radius 1 is 1.19 bits per heavy atom. The molecule has 2 rings (SSSR count). The molecule has 110 valence electrons. The summed E-state index contributed by atoms with van der Waals surface area (Å²) in [6.45, 7) is 2.38. The van der Waals surface area contributed by atoms with Crippen LogP contribution in [0.25, 0.3) is 0 Å². The SMILES string of the molecule is CCN(C(=O)C(OC)c1ccccc1)c1cccc(O)c1. The number of hydrogen-bond donors (Lipinski definition) is 1. The zero-order chi connectivity index (χ0) is 15.2. The monoisotopic (exact) mass is 285 g/mol. The Hall–Kier alpha value is -2.33. The Balaban J connectivity index is 2.31. The first-order chi connectivity index (χ1) is 10.2. The fourth-order valence-corrected chi connectivity index (χ4v) is 2.28. The predicted molar refractivity (Wildman–Crippen MR) is 82.3 cm³/mol. The number of carbonyl (C=O) groups excluding carboxylic acids is 1. The minimum Gasteiger partial charge on any atom is -0.508 e. The number of aromatic hydroxyl groups is 1. The summed E-state index contributed by atoms with van der Waals surface area (Å²) in [6, 6.07) is 16.0. The molecule has 0 bridgehead atoms. The molecule has 0 radical (unpaired) electrons. The molecule has 1 amide bonds. The maximum atomic E-state index is 12.7. The standard InChI is InChI=1S/C17H19NO3/c1-3-18(14-10-7-11-15(19)12-14)17(20)16(21-2)13-8-5-4-6-9-13/h4-12,16,19H,3H2,1-2H3. The van der Waals surface area contributed by atoms with Crippen LogP contribution in [0, 0.1) is 0 Å². The number of phenolic OH excluding ortho intramolecular Hbond substituents is 1. The van der Waals surface area contributed by atoms with Gasteiger partial charge in [-0.15, -0.1) is 0 Å². The average molecular weight is 285 g/mol. The highest BCUT2D eigenvalue weighted by Crippen LogP contribution is 2.25. The van der Waals surface area contributed by atoms with E-state index in [9.17, 15) is 9.90 Å². The second-order valence-corrected chi connectivity index (χ2v) is 4.63. The van der Waals surface area contributed by atoms with E-state index in [0.717, 1.165) is 5.56 Å². The minimum atomic E-state index is -0.659. The molecule has 0 heterocycles. The lowest BCUT2D eigenvalue weighted by Gasteiger charge is -2.26. The summed E-state index contributed by atoms with van der Waals surface area (Å²) >= 11 is 0. The lowest BCUT2D eigenvalue weighted by Crippen LogP contribution is -2.35. The predicted octanol–water partition coefficient (Wildman–Crippen LogP) is 3.13. The molecule has 0 aliphatic carbocycles. The van der Waals surface area contributed by atoms with Crippen molar-refractivity contribution in [2.24, 2.45) is 0 Å². The van der Waals surface area contributed by atoms with Crippen LogP contribution in [0.2, 0.25) is 0 Å². The Bertz CT molecular complexity index is 598. The minimum absolute atomic E-state index is 0.132. The lowest BCUT2D eigenvalue weighted by atomic mass is 10.1. The van der Waals surface area contributed by atoms with E-state index in [1.165, 1.54) is 7.11 Å². The first-order valence-electron chi connectivity index (χ1n) is 6.85. The molecule has 0 aliphatic rings. The van der Waals surface area contributed by atoms with Crippen LogP contribution in [0.3, 0.4) is 0 Å². The van der Waals surface area contributed by atoms with Gasteiger partial charge in [-0.3, -0.25) is 4.79 Å². The number of nitrogens with zero attached hydrogens (tertiary/aromatic N) is 1. The normalized spacial score (nSPS) is 11.9. The van der Waals surface area contributed by atoms with E-state index >= 15 is 0 Å². The van der Waals surface area contributed by atoms with Gasteiger partial charge in [-0.2, -0.15) is 0 Å². The van der Waals surface area contributed by atoms with Gasteiger partial charge in [0.2, 0.25) is 0 Å². The number of carbonyl (C=O) groups is 1. The molecule has 21 heavy (non-hydrogen) atoms. The number of rotatable bonds is 5. The van der Waals surface area contributed by atoms with Crippen molar-refractivity contribution in [3.63, 3.8) is 0 Å². The largest absolute Gasteiger partial charge is 0.508 e. The van der Waals surface area contributed by atoms with Crippen LogP contribution >= 0.6 is 0 Å². The molecule has 2 aromatic carbocycles. The van der Waals surface area contributed by atoms with Gasteiger partial charge >= 0.3 is 0 Å². The van der Waals surface area contributed by atoms with Gasteiger partial charge < -0.3 is 14.7 Å². The second kappa shape index (κ2) is 6.90. The van der Waals surface area contributed by atoms with Gasteiger partial charge in [-0.25, -0.2) is 0 Å². The number of methoxy groups -OCH3 is 1. The van der Waals surface area contributed by atoms with Crippen LogP contribution in [-0.4, -0.2) is 24.7 Å². The molecule has 4 nitrogen and oxygen atoms in total. The molecule has 0 aliphatic heterocycles. The van der Waals surface area contributed by atoms with E-state index in [1.54, 1.807) is 29.2 Å². The Morgan fingerprint density at radius 2 is 1.90 bits per heavy atom. The summed E-state index contributed by atoms with van der Waals surface area (Å²) in [5, 5.41) is 9.58. The second-order valence-electron chi connectivity index (χ2n) is 4.63. The van der Waals surface area contributed by atoms with E-state index in [-0.39, 0.29) is 11.7 Å². The van der Waals surface area contributed by atoms with Crippen LogP contribution in [-0.2, 0) is 9.53 Å². The molecule has 2 aromatic rings. The molecule has 0 fully saturated rings. The Labute approximate surface area is 124 Å². The zero-order valence-corrected chi connectivity index (χ0v) is 12.2. The fourth-order valence-electron chi connectivity index (χ4n) is 2.28. The summed E-state index contributed by atoms with van der Waals surface area (Å²) in [4.78, 5) is 14.3. The van der Waals surface area contributed by atoms with E-state index < -0.39 is 6.10 Å². The molecule has 4 heteroatoms. The van der Waals surface area contributed by atoms with Crippen molar-refractivity contribution in [3.05, 3.63) is 60.2 Å². The summed E-state index contributed by atoms with van der Waals surface area (Å²) in [7, 11) is 1.52. The van der Waals surface area contributed by atoms with Crippen molar-refractivity contribution in [3.8, 4) is 5.75 Å². The molecule has 1 N–H and O–H groups in total. The van der Waals surface area contributed by atoms with E-state index in [0.29, 0.717) is 12.2 Å². The summed E-state index contributed by atoms with van der Waals surface area (Å²) in [5.74, 6) is -0.0239. The first kappa shape index (κ1) is 15.1. The number of ether oxygens (including phenoxy) is 1. The number of amides is 1. The van der Waals surface area contributed by atoms with Gasteiger partial charge in [0.05, 0.1) is 0 Å². The number of benzene rings is 2. The Kier molecular flexibility index (Phi) is 4.95. The van der Waals surface area contributed by atoms with Gasteiger partial charge in [0.25, 0.3) is 5.91 Å². The summed E-state index contributed by atoms with van der Waals surface area (Å²) < 4.78 is 5.38. The van der Waals surface area contributed by atoms with Crippen LogP contribution in [0.5, 0.6) is 5.75 Å². The van der Waals surface area contributed by atoms with Gasteiger partial charge in [-0.05, 0) is 24.6 Å². The first-order valence-corrected chi connectivity index (χ1v) is 6.85. The Morgan fingerprint density at radius 3 is 2.48 bits per heavy atom. The van der Waals surface area contributed by atoms with Gasteiger partial charge in [-0.1, -0.05) is 36.4 Å². The third kappa shape index (κ3) is 3.41. The smallest absolute Gasteiger partial charge is 0.260 e. The van der Waals surface area contributed by atoms with Crippen LogP contribution in [0.1, 0.15) is 18.6 Å². The van der Waals surface area contributed by atoms with Crippen molar-refractivity contribution in [2.75, 3.05) is 18.6 Å². The third-order valence-corrected chi connectivity index (χ3v) is 3.29. The van der Waals surface area contributed by atoms with Crippen LogP contribution in [0.15, 0.2) is 54.6 Å². The van der Waals surface area contributed by atoms with Crippen LogP contribution in [0.4, 0.5) is 5.69 Å². The molecular formula is C17H19NO3. The van der Waals surface area contributed by atoms with E-state index in [2.05, 4.69) is 0 Å². The van der Waals surface area contributed by atoms with E-state index in [4.69, 9.17) is 4.74 Å². The number of phenols is 1. The lowest BCUT2D eigenvalue weighted by molar-refractivity contribution is -0.128. The number of likely N-dealkylation sites (N-methyl/N-ethyl adjacent to an activating group) is 1. The molecule has 1 atom stereocenters. The van der Waals surface area contributed by atoms with Gasteiger partial charge in [0.15, 0.2) is 6.10 Å². The van der Waals surface area contributed by atoms with Crippen molar-refractivity contribution in [1.29, 1.82) is 0 Å². The van der Waals surface area contributed by atoms with Crippen LogP contribution < -0.4 is 4.90 Å². The number of hydrogen-bond acceptors (Lipinski definition) is 3. The topological polar surface area (TPSA) is 49.8 Å². The van der Waals surface area contributed by atoms with E-state index in [1.807, 2.05) is 37.3 Å². The summed E-state index contributed by atoms with van der Waals surface area (Å²) in [5.41, 5.74) is 1.46. The molecule has 1 unspecified atom stereocenters. The molecule has 0 saturated heterocycles. The fraction of sp³-hybridized carbons (Fsp3) is 0.235. The molecular weight excluding hydrogens is 266 g/mol. The third-order valence-electron chi connectivity index (χ3n) is 3.29. The van der Waals surface area contributed by atoms with Gasteiger partial charge in [0, 0.05) is 25.4 Å². The highest BCUT2D eigenvalue weighted by Gasteiger charge is 2.25. The maximum Gasteiger partial charge on any atom is 0.260 e. The maximum absolute atomic E-state index is 12.7. The highest BCUT2D eigenvalue weighted by molar-refractivity contribution is 5.97. The molecule has 0 spiro atoms. The zero-order valence-electron chi connectivity index (χ0n) is 12.2. The van der Waals surface area contributed by atoms with Crippen molar-refractivity contribution >= 4 is 11.6 Å². The van der Waals surface area contributed by atoms with Crippen molar-refractivity contribution in [2.45, 2.75) is 13.0 Å².